The van der Waals surface area contributed by atoms with Crippen molar-refractivity contribution in [1.29, 1.82) is 0 Å². The van der Waals surface area contributed by atoms with Gasteiger partial charge < -0.3 is 14.4 Å². The monoisotopic (exact) mass is 446 g/mol. The average Bonchev–Trinajstić information content (AvgIpc) is 3.01. The molecular weight excluding hydrogens is 416 g/mol. The second kappa shape index (κ2) is 8.51. The van der Waals surface area contributed by atoms with Gasteiger partial charge in [-0.1, -0.05) is 27.7 Å². The van der Waals surface area contributed by atoms with E-state index in [4.69, 9.17) is 9.47 Å². The van der Waals surface area contributed by atoms with Gasteiger partial charge in [-0.15, -0.1) is 0 Å². The molecule has 2 aromatic rings. The van der Waals surface area contributed by atoms with Crippen molar-refractivity contribution >= 4 is 21.6 Å². The van der Waals surface area contributed by atoms with Gasteiger partial charge in [-0.05, 0) is 42.0 Å². The van der Waals surface area contributed by atoms with Crippen molar-refractivity contribution in [3.05, 3.63) is 47.5 Å². The van der Waals surface area contributed by atoms with Crippen LogP contribution in [0.15, 0.2) is 41.3 Å². The summed E-state index contributed by atoms with van der Waals surface area (Å²) in [6.07, 6.45) is 0. The molecule has 31 heavy (non-hydrogen) atoms. The summed E-state index contributed by atoms with van der Waals surface area (Å²) in [5, 5.41) is 0. The van der Waals surface area contributed by atoms with Crippen LogP contribution >= 0.6 is 0 Å². The van der Waals surface area contributed by atoms with Crippen molar-refractivity contribution < 1.29 is 22.7 Å². The first-order valence-electron chi connectivity index (χ1n) is 10.2. The van der Waals surface area contributed by atoms with Crippen LogP contribution in [0.5, 0.6) is 11.5 Å². The molecule has 1 heterocycles. The van der Waals surface area contributed by atoms with Crippen LogP contribution in [0.3, 0.4) is 0 Å². The molecule has 8 heteroatoms. The molecule has 0 saturated carbocycles. The van der Waals surface area contributed by atoms with Gasteiger partial charge >= 0.3 is 0 Å². The molecule has 1 aliphatic rings. The molecule has 0 aromatic heterocycles. The third-order valence-electron chi connectivity index (χ3n) is 5.55. The van der Waals surface area contributed by atoms with Crippen LogP contribution in [0.2, 0.25) is 0 Å². The fraction of sp³-hybridized carbons (Fsp3) is 0.435. The van der Waals surface area contributed by atoms with Crippen molar-refractivity contribution in [3.8, 4) is 11.5 Å². The number of anilines is 1. The van der Waals surface area contributed by atoms with Crippen LogP contribution in [0.4, 0.5) is 5.69 Å². The van der Waals surface area contributed by atoms with Crippen LogP contribution in [0, 0.1) is 5.92 Å². The molecule has 0 spiro atoms. The Hall–Kier alpha value is -2.58. The number of nitrogens with zero attached hydrogens (tertiary/aromatic N) is 1. The quantitative estimate of drug-likeness (QED) is 0.704. The van der Waals surface area contributed by atoms with Gasteiger partial charge in [-0.2, -0.15) is 0 Å². The number of hydrogen-bond donors (Lipinski definition) is 1. The summed E-state index contributed by atoms with van der Waals surface area (Å²) in [6, 6.07) is 10.2. The van der Waals surface area contributed by atoms with Crippen LogP contribution in [0.1, 0.15) is 38.8 Å². The molecule has 0 saturated heterocycles. The van der Waals surface area contributed by atoms with Gasteiger partial charge in [0.1, 0.15) is 11.5 Å². The normalized spacial score (nSPS) is 15.1. The number of sulfonamides is 1. The van der Waals surface area contributed by atoms with Gasteiger partial charge in [-0.3, -0.25) is 4.79 Å². The number of fused-ring (bicyclic) bond motifs is 1. The molecule has 7 nitrogen and oxygen atoms in total. The maximum Gasteiger partial charge on any atom is 0.240 e. The number of rotatable bonds is 7. The zero-order valence-corrected chi connectivity index (χ0v) is 19.7. The first-order chi connectivity index (χ1) is 14.5. The fourth-order valence-corrected chi connectivity index (χ4v) is 4.84. The lowest BCUT2D eigenvalue weighted by atomic mass is 9.87. The Bertz CT molecular complexity index is 1090. The molecule has 168 valence electrons. The summed E-state index contributed by atoms with van der Waals surface area (Å²) < 4.78 is 39.3. The minimum absolute atomic E-state index is 0.0330. The molecule has 0 radical (unpaired) electrons. The Morgan fingerprint density at radius 1 is 1.13 bits per heavy atom. The van der Waals surface area contributed by atoms with Crippen LogP contribution in [-0.2, 0) is 26.8 Å². The highest BCUT2D eigenvalue weighted by Crippen LogP contribution is 2.42. The Morgan fingerprint density at radius 2 is 1.84 bits per heavy atom. The maximum absolute atomic E-state index is 13.0. The average molecular weight is 447 g/mol. The molecule has 0 bridgehead atoms. The van der Waals surface area contributed by atoms with Crippen molar-refractivity contribution in [2.24, 2.45) is 5.92 Å². The molecule has 1 aliphatic heterocycles. The second-order valence-electron chi connectivity index (χ2n) is 8.64. The number of ether oxygens (including phenoxy) is 2. The van der Waals surface area contributed by atoms with E-state index >= 15 is 0 Å². The SMILES string of the molecule is COc1ccc(OC)c(CNS(=O)(=O)c2ccc3c(c2)C(C)(C)CN3C(=O)C(C)C)c1. The van der Waals surface area contributed by atoms with E-state index in [1.54, 1.807) is 48.4 Å². The first-order valence-corrected chi connectivity index (χ1v) is 11.6. The Labute approximate surface area is 184 Å². The lowest BCUT2D eigenvalue weighted by Gasteiger charge is -2.22. The van der Waals surface area contributed by atoms with E-state index in [1.807, 2.05) is 27.7 Å². The first kappa shape index (κ1) is 23.1. The van der Waals surface area contributed by atoms with Crippen molar-refractivity contribution in [1.82, 2.24) is 4.72 Å². The molecule has 0 fully saturated rings. The van der Waals surface area contributed by atoms with E-state index in [0.717, 1.165) is 11.3 Å². The van der Waals surface area contributed by atoms with Gasteiger partial charge in [0.25, 0.3) is 0 Å². The third-order valence-corrected chi connectivity index (χ3v) is 6.95. The maximum atomic E-state index is 13.0. The lowest BCUT2D eigenvalue weighted by Crippen LogP contribution is -2.36. The number of carbonyl (C=O) groups excluding carboxylic acids is 1. The zero-order chi connectivity index (χ0) is 23.0. The molecule has 1 N–H and O–H groups in total. The van der Waals surface area contributed by atoms with Gasteiger partial charge in [-0.25, -0.2) is 13.1 Å². The molecule has 0 unspecified atom stereocenters. The van der Waals surface area contributed by atoms with Gasteiger partial charge in [0.05, 0.1) is 19.1 Å². The third kappa shape index (κ3) is 4.55. The summed E-state index contributed by atoms with van der Waals surface area (Å²) in [6.45, 7) is 8.35. The number of hydrogen-bond acceptors (Lipinski definition) is 5. The second-order valence-corrected chi connectivity index (χ2v) is 10.4. The van der Waals surface area contributed by atoms with E-state index in [2.05, 4.69) is 4.72 Å². The van der Waals surface area contributed by atoms with Gasteiger partial charge in [0, 0.05) is 35.7 Å². The smallest absolute Gasteiger partial charge is 0.240 e. The predicted molar refractivity (Wildman–Crippen MR) is 120 cm³/mol. The molecule has 3 rings (SSSR count). The topological polar surface area (TPSA) is 84.9 Å². The lowest BCUT2D eigenvalue weighted by molar-refractivity contribution is -0.121. The highest BCUT2D eigenvalue weighted by atomic mass is 32.2. The number of methoxy groups -OCH3 is 2. The number of nitrogens with one attached hydrogen (secondary N) is 1. The van der Waals surface area contributed by atoms with Crippen molar-refractivity contribution in [3.63, 3.8) is 0 Å². The van der Waals surface area contributed by atoms with Crippen LogP contribution in [-0.4, -0.2) is 35.1 Å². The van der Waals surface area contributed by atoms with E-state index < -0.39 is 10.0 Å². The van der Waals surface area contributed by atoms with Crippen LogP contribution < -0.4 is 19.1 Å². The molecule has 2 aromatic carbocycles. The largest absolute Gasteiger partial charge is 0.497 e. The summed E-state index contributed by atoms with van der Waals surface area (Å²) in [7, 11) is -0.693. The summed E-state index contributed by atoms with van der Waals surface area (Å²) in [4.78, 5) is 14.5. The van der Waals surface area contributed by atoms with Gasteiger partial charge in [0.15, 0.2) is 0 Å². The molecular formula is C23H30N2O5S. The van der Waals surface area contributed by atoms with Crippen molar-refractivity contribution in [2.45, 2.75) is 44.6 Å². The van der Waals surface area contributed by atoms with E-state index in [1.165, 1.54) is 7.11 Å². The number of carbonyl (C=O) groups is 1. The zero-order valence-electron chi connectivity index (χ0n) is 18.9. The number of amides is 1. The van der Waals surface area contributed by atoms with E-state index in [-0.39, 0.29) is 28.7 Å². The minimum atomic E-state index is -3.78. The highest BCUT2D eigenvalue weighted by molar-refractivity contribution is 7.89. The summed E-state index contributed by atoms with van der Waals surface area (Å²) in [5.74, 6) is 1.08. The molecule has 0 aliphatic carbocycles. The molecule has 1 amide bonds. The summed E-state index contributed by atoms with van der Waals surface area (Å²) in [5.41, 5.74) is 1.95. The van der Waals surface area contributed by atoms with Crippen molar-refractivity contribution in [2.75, 3.05) is 25.7 Å². The Balaban J connectivity index is 1.89. The molecule has 0 atom stereocenters. The van der Waals surface area contributed by atoms with Crippen LogP contribution in [0.25, 0.3) is 0 Å². The summed E-state index contributed by atoms with van der Waals surface area (Å²) >= 11 is 0. The standard InChI is InChI=1S/C23H30N2O5S/c1-15(2)22(26)25-14-23(3,4)19-12-18(8-9-20(19)25)31(27,28)24-13-16-11-17(29-5)7-10-21(16)30-6/h7-12,15,24H,13-14H2,1-6H3. The Kier molecular flexibility index (Phi) is 6.34. The van der Waals surface area contributed by atoms with E-state index in [0.29, 0.717) is 23.6 Å². The fourth-order valence-electron chi connectivity index (χ4n) is 3.81. The van der Waals surface area contributed by atoms with E-state index in [9.17, 15) is 13.2 Å². The Morgan fingerprint density at radius 3 is 2.45 bits per heavy atom. The predicted octanol–water partition coefficient (Wildman–Crippen LogP) is 3.46. The minimum Gasteiger partial charge on any atom is -0.497 e. The highest BCUT2D eigenvalue weighted by Gasteiger charge is 2.39. The van der Waals surface area contributed by atoms with Gasteiger partial charge in [0.2, 0.25) is 15.9 Å². The number of benzene rings is 2.